The summed E-state index contributed by atoms with van der Waals surface area (Å²) in [6, 6.07) is 7.66. The van der Waals surface area contributed by atoms with Gasteiger partial charge in [0.05, 0.1) is 0 Å². The number of anilines is 1. The number of ether oxygens (including phenoxy) is 2. The van der Waals surface area contributed by atoms with Gasteiger partial charge in [-0.3, -0.25) is 9.69 Å². The zero-order chi connectivity index (χ0) is 21.0. The smallest absolute Gasteiger partial charge is 0.257 e. The van der Waals surface area contributed by atoms with Gasteiger partial charge in [-0.15, -0.1) is 0 Å². The van der Waals surface area contributed by atoms with Crippen LogP contribution in [0.25, 0.3) is 0 Å². The fourth-order valence-corrected chi connectivity index (χ4v) is 3.87. The van der Waals surface area contributed by atoms with Gasteiger partial charge in [-0.1, -0.05) is 12.1 Å². The summed E-state index contributed by atoms with van der Waals surface area (Å²) in [5, 5.41) is 2.94. The normalized spacial score (nSPS) is 17.9. The number of carbonyl (C=O) groups is 1. The van der Waals surface area contributed by atoms with Crippen LogP contribution < -0.4 is 19.7 Å². The molecule has 2 aliphatic heterocycles. The van der Waals surface area contributed by atoms with Gasteiger partial charge in [0.1, 0.15) is 5.60 Å². The summed E-state index contributed by atoms with van der Waals surface area (Å²) in [5.41, 5.74) is 0.888. The van der Waals surface area contributed by atoms with E-state index in [0.717, 1.165) is 56.4 Å². The van der Waals surface area contributed by atoms with Gasteiger partial charge in [0.2, 0.25) is 5.95 Å². The van der Waals surface area contributed by atoms with Crippen molar-refractivity contribution < 1.29 is 14.3 Å². The summed E-state index contributed by atoms with van der Waals surface area (Å²) in [5.74, 6) is 2.05. The zero-order valence-corrected chi connectivity index (χ0v) is 17.6. The third kappa shape index (κ3) is 4.99. The van der Waals surface area contributed by atoms with Gasteiger partial charge >= 0.3 is 0 Å². The monoisotopic (exact) mass is 411 g/mol. The number of hydrogen-bond acceptors (Lipinski definition) is 7. The highest BCUT2D eigenvalue weighted by Gasteiger charge is 2.32. The Balaban J connectivity index is 1.16. The first-order valence-electron chi connectivity index (χ1n) is 10.4. The minimum atomic E-state index is -0.235. The highest BCUT2D eigenvalue weighted by atomic mass is 16.5. The molecule has 0 aliphatic carbocycles. The van der Waals surface area contributed by atoms with Crippen molar-refractivity contribution in [3.63, 3.8) is 0 Å². The molecule has 0 saturated carbocycles. The van der Waals surface area contributed by atoms with E-state index in [4.69, 9.17) is 9.47 Å². The first-order valence-corrected chi connectivity index (χ1v) is 10.4. The number of rotatable bonds is 7. The molecule has 2 aromatic rings. The van der Waals surface area contributed by atoms with Crippen molar-refractivity contribution in [3.8, 4) is 11.5 Å². The molecule has 1 aromatic carbocycles. The van der Waals surface area contributed by atoms with Gasteiger partial charge in [-0.2, -0.15) is 0 Å². The maximum Gasteiger partial charge on any atom is 0.257 e. The quantitative estimate of drug-likeness (QED) is 0.740. The minimum absolute atomic E-state index is 0.0145. The zero-order valence-electron chi connectivity index (χ0n) is 17.6. The first-order chi connectivity index (χ1) is 14.5. The fraction of sp³-hybridized carbons (Fsp3) is 0.500. The summed E-state index contributed by atoms with van der Waals surface area (Å²) >= 11 is 0. The Labute approximate surface area is 177 Å². The number of aromatic nitrogens is 2. The molecule has 3 heterocycles. The fourth-order valence-electron chi connectivity index (χ4n) is 3.87. The molecule has 1 fully saturated rings. The molecule has 2 aliphatic rings. The van der Waals surface area contributed by atoms with E-state index in [0.29, 0.717) is 12.3 Å². The van der Waals surface area contributed by atoms with E-state index in [9.17, 15) is 4.79 Å². The molecule has 160 valence electrons. The summed E-state index contributed by atoms with van der Waals surface area (Å²) in [6.07, 6.45) is 4.38. The van der Waals surface area contributed by atoms with Crippen LogP contribution in [0.1, 0.15) is 19.4 Å². The lowest BCUT2D eigenvalue weighted by atomic mass is 10.0. The van der Waals surface area contributed by atoms with E-state index in [1.54, 1.807) is 12.4 Å². The van der Waals surface area contributed by atoms with Crippen LogP contribution in [0.2, 0.25) is 0 Å². The standard InChI is InChI=1S/C22H29N5O3/c1-22(2)15-17-5-3-6-18(20(17)30-22)29-16-19(28)23-9-10-26-11-13-27(14-12-26)21-24-7-4-8-25-21/h3-8H,9-16H2,1-2H3,(H,23,28). The number of amides is 1. The van der Waals surface area contributed by atoms with Gasteiger partial charge in [0.25, 0.3) is 5.91 Å². The Morgan fingerprint density at radius 2 is 1.93 bits per heavy atom. The number of piperazine rings is 1. The molecule has 0 spiro atoms. The van der Waals surface area contributed by atoms with Crippen molar-refractivity contribution >= 4 is 11.9 Å². The molecule has 0 bridgehead atoms. The van der Waals surface area contributed by atoms with Crippen LogP contribution in [0.5, 0.6) is 11.5 Å². The van der Waals surface area contributed by atoms with Gasteiger partial charge in [-0.25, -0.2) is 9.97 Å². The molecule has 4 rings (SSSR count). The SMILES string of the molecule is CC1(C)Cc2cccc(OCC(=O)NCCN3CCN(c4ncccn4)CC3)c2O1. The lowest BCUT2D eigenvalue weighted by molar-refractivity contribution is -0.123. The van der Waals surface area contributed by atoms with Gasteiger partial charge < -0.3 is 19.7 Å². The maximum atomic E-state index is 12.2. The number of benzene rings is 1. The second kappa shape index (κ2) is 8.87. The molecular weight excluding hydrogens is 382 g/mol. The number of hydrogen-bond donors (Lipinski definition) is 1. The second-order valence-corrected chi connectivity index (χ2v) is 8.30. The summed E-state index contributed by atoms with van der Waals surface area (Å²) < 4.78 is 11.7. The van der Waals surface area contributed by atoms with Crippen molar-refractivity contribution in [2.75, 3.05) is 50.8 Å². The maximum absolute atomic E-state index is 12.2. The van der Waals surface area contributed by atoms with E-state index >= 15 is 0 Å². The van der Waals surface area contributed by atoms with Crippen molar-refractivity contribution in [2.45, 2.75) is 25.9 Å². The molecule has 1 aromatic heterocycles. The van der Waals surface area contributed by atoms with Gasteiger partial charge in [0, 0.05) is 63.6 Å². The lowest BCUT2D eigenvalue weighted by Gasteiger charge is -2.34. The molecule has 1 saturated heterocycles. The molecule has 8 heteroatoms. The topological polar surface area (TPSA) is 79.8 Å². The minimum Gasteiger partial charge on any atom is -0.483 e. The van der Waals surface area contributed by atoms with Crippen LogP contribution in [-0.4, -0.2) is 72.3 Å². The van der Waals surface area contributed by atoms with Crippen LogP contribution in [0.15, 0.2) is 36.7 Å². The van der Waals surface area contributed by atoms with Crippen LogP contribution in [-0.2, 0) is 11.2 Å². The van der Waals surface area contributed by atoms with Crippen molar-refractivity contribution in [1.29, 1.82) is 0 Å². The molecule has 30 heavy (non-hydrogen) atoms. The number of nitrogens with zero attached hydrogens (tertiary/aromatic N) is 4. The summed E-state index contributed by atoms with van der Waals surface area (Å²) in [7, 11) is 0. The lowest BCUT2D eigenvalue weighted by Crippen LogP contribution is -2.49. The van der Waals surface area contributed by atoms with E-state index in [1.807, 2.05) is 24.3 Å². The summed E-state index contributed by atoms with van der Waals surface area (Å²) in [4.78, 5) is 25.3. The molecular formula is C22H29N5O3. The van der Waals surface area contributed by atoms with Crippen molar-refractivity contribution in [2.24, 2.45) is 0 Å². The second-order valence-electron chi connectivity index (χ2n) is 8.30. The number of carbonyl (C=O) groups excluding carboxylic acids is 1. The Morgan fingerprint density at radius 1 is 1.17 bits per heavy atom. The Bertz CT molecular complexity index is 866. The number of nitrogens with one attached hydrogen (secondary N) is 1. The highest BCUT2D eigenvalue weighted by Crippen LogP contribution is 2.41. The van der Waals surface area contributed by atoms with Crippen LogP contribution >= 0.6 is 0 Å². The van der Waals surface area contributed by atoms with Gasteiger partial charge in [-0.05, 0) is 26.0 Å². The Hall–Kier alpha value is -2.87. The third-order valence-corrected chi connectivity index (χ3v) is 5.37. The van der Waals surface area contributed by atoms with E-state index in [-0.39, 0.29) is 18.1 Å². The van der Waals surface area contributed by atoms with E-state index < -0.39 is 0 Å². The van der Waals surface area contributed by atoms with E-state index in [2.05, 4.69) is 38.9 Å². The molecule has 0 unspecified atom stereocenters. The predicted octanol–water partition coefficient (Wildman–Crippen LogP) is 1.51. The van der Waals surface area contributed by atoms with Crippen molar-refractivity contribution in [3.05, 3.63) is 42.2 Å². The average Bonchev–Trinajstić information content (AvgIpc) is 3.08. The number of fused-ring (bicyclic) bond motifs is 1. The summed E-state index contributed by atoms with van der Waals surface area (Å²) in [6.45, 7) is 9.12. The number of para-hydroxylation sites is 1. The third-order valence-electron chi connectivity index (χ3n) is 5.37. The van der Waals surface area contributed by atoms with Crippen molar-refractivity contribution in [1.82, 2.24) is 20.2 Å². The molecule has 0 radical (unpaired) electrons. The Kier molecular flexibility index (Phi) is 6.03. The van der Waals surface area contributed by atoms with Crippen LogP contribution in [0.4, 0.5) is 5.95 Å². The molecule has 0 atom stereocenters. The predicted molar refractivity (Wildman–Crippen MR) is 114 cm³/mol. The molecule has 1 amide bonds. The van der Waals surface area contributed by atoms with Crippen LogP contribution in [0.3, 0.4) is 0 Å². The Morgan fingerprint density at radius 3 is 2.70 bits per heavy atom. The van der Waals surface area contributed by atoms with E-state index in [1.165, 1.54) is 0 Å². The first kappa shape index (κ1) is 20.4. The van der Waals surface area contributed by atoms with Gasteiger partial charge in [0.15, 0.2) is 18.1 Å². The largest absolute Gasteiger partial charge is 0.483 e. The molecule has 1 N–H and O–H groups in total. The van der Waals surface area contributed by atoms with Crippen LogP contribution in [0, 0.1) is 0 Å². The molecule has 8 nitrogen and oxygen atoms in total. The average molecular weight is 412 g/mol. The highest BCUT2D eigenvalue weighted by molar-refractivity contribution is 5.77.